The van der Waals surface area contributed by atoms with Crippen molar-refractivity contribution in [3.63, 3.8) is 0 Å². The molecule has 94 valence electrons. The molecule has 0 aliphatic rings. The predicted octanol–water partition coefficient (Wildman–Crippen LogP) is -0.0487. The lowest BCUT2D eigenvalue weighted by molar-refractivity contribution is -0.673. The van der Waals surface area contributed by atoms with Crippen LogP contribution in [0, 0.1) is 6.92 Å². The van der Waals surface area contributed by atoms with E-state index in [9.17, 15) is 0 Å². The molecular weight excluding hydrogens is 335 g/mol. The lowest BCUT2D eigenvalue weighted by Gasteiger charge is -2.00. The number of nitrogens with zero attached hydrogens (tertiary/aromatic N) is 2. The summed E-state index contributed by atoms with van der Waals surface area (Å²) in [5.41, 5.74) is 5.27. The number of pyridine rings is 1. The summed E-state index contributed by atoms with van der Waals surface area (Å²) >= 11 is 0. The van der Waals surface area contributed by atoms with Crippen LogP contribution in [0.3, 0.4) is 0 Å². The van der Waals surface area contributed by atoms with Crippen LogP contribution in [0.1, 0.15) is 12.6 Å². The van der Waals surface area contributed by atoms with Gasteiger partial charge in [0.15, 0.2) is 5.69 Å². The van der Waals surface area contributed by atoms with Crippen LogP contribution < -0.4 is 28.5 Å². The van der Waals surface area contributed by atoms with Crippen molar-refractivity contribution in [3.8, 4) is 0 Å². The zero-order valence-corrected chi connectivity index (χ0v) is 13.1. The first-order valence-corrected chi connectivity index (χ1v) is 6.10. The zero-order valence-electron chi connectivity index (χ0n) is 10.9. The summed E-state index contributed by atoms with van der Waals surface area (Å²) in [7, 11) is 2.14. The Morgan fingerprint density at radius 2 is 1.78 bits per heavy atom. The third kappa shape index (κ3) is 1.72. The Bertz CT molecular complexity index is 713. The standard InChI is InChI=1S/C15H17N2.HI/c1-4-17-11(2)9-10-14-15(17)12-7-5-6-8-13(12)16(14)3;/h5-10H,4H2,1-3H3;1H/q+1;/p-1. The molecule has 0 aliphatic carbocycles. The first-order valence-electron chi connectivity index (χ1n) is 6.10. The molecule has 0 radical (unpaired) electrons. The van der Waals surface area contributed by atoms with Gasteiger partial charge in [-0.1, -0.05) is 12.1 Å². The number of hydrogen-bond acceptors (Lipinski definition) is 0. The van der Waals surface area contributed by atoms with Crippen LogP contribution in [0.15, 0.2) is 36.4 Å². The van der Waals surface area contributed by atoms with Gasteiger partial charge in [0.05, 0.1) is 10.9 Å². The number of hydrogen-bond donors (Lipinski definition) is 0. The Kier molecular flexibility index (Phi) is 3.61. The fourth-order valence-corrected chi connectivity index (χ4v) is 2.74. The number of aryl methyl sites for hydroxylation is 3. The van der Waals surface area contributed by atoms with E-state index in [4.69, 9.17) is 0 Å². The molecule has 3 aromatic rings. The predicted molar refractivity (Wildman–Crippen MR) is 71.0 cm³/mol. The van der Waals surface area contributed by atoms with Gasteiger partial charge in [0.1, 0.15) is 12.1 Å². The zero-order chi connectivity index (χ0) is 12.0. The summed E-state index contributed by atoms with van der Waals surface area (Å²) < 4.78 is 4.66. The topological polar surface area (TPSA) is 8.81 Å². The number of halogens is 1. The highest BCUT2D eigenvalue weighted by molar-refractivity contribution is 6.03. The molecule has 0 saturated heterocycles. The largest absolute Gasteiger partial charge is 1.00 e. The molecule has 0 fully saturated rings. The molecule has 1 aromatic carbocycles. The number of rotatable bonds is 1. The maximum Gasteiger partial charge on any atom is 0.238 e. The molecule has 3 heteroatoms. The maximum atomic E-state index is 2.39. The molecular formula is C15H17IN2. The van der Waals surface area contributed by atoms with Gasteiger partial charge in [0.25, 0.3) is 0 Å². The quantitative estimate of drug-likeness (QED) is 0.429. The van der Waals surface area contributed by atoms with Crippen LogP contribution in [0.25, 0.3) is 21.9 Å². The van der Waals surface area contributed by atoms with Crippen LogP contribution in [0.2, 0.25) is 0 Å². The maximum absolute atomic E-state index is 2.39. The molecule has 0 aliphatic heterocycles. The van der Waals surface area contributed by atoms with Gasteiger partial charge in [-0.3, -0.25) is 0 Å². The average molecular weight is 352 g/mol. The van der Waals surface area contributed by atoms with E-state index in [1.807, 2.05) is 0 Å². The average Bonchev–Trinajstić information content (AvgIpc) is 2.64. The summed E-state index contributed by atoms with van der Waals surface area (Å²) in [4.78, 5) is 0. The number of para-hydroxylation sites is 1. The van der Waals surface area contributed by atoms with Crippen LogP contribution in [-0.4, -0.2) is 4.57 Å². The van der Waals surface area contributed by atoms with Crippen molar-refractivity contribution < 1.29 is 28.5 Å². The van der Waals surface area contributed by atoms with Gasteiger partial charge in [-0.2, -0.15) is 4.57 Å². The third-order valence-corrected chi connectivity index (χ3v) is 3.62. The molecule has 0 spiro atoms. The first kappa shape index (κ1) is 13.3. The minimum Gasteiger partial charge on any atom is -1.00 e. The molecule has 0 bridgehead atoms. The van der Waals surface area contributed by atoms with E-state index in [1.54, 1.807) is 0 Å². The van der Waals surface area contributed by atoms with E-state index in [0.717, 1.165) is 6.54 Å². The van der Waals surface area contributed by atoms with E-state index in [0.29, 0.717) is 0 Å². The van der Waals surface area contributed by atoms with Crippen molar-refractivity contribution in [2.24, 2.45) is 7.05 Å². The van der Waals surface area contributed by atoms with Gasteiger partial charge in [-0.15, -0.1) is 0 Å². The second-order valence-corrected chi connectivity index (χ2v) is 4.53. The monoisotopic (exact) mass is 352 g/mol. The highest BCUT2D eigenvalue weighted by Gasteiger charge is 2.18. The minimum atomic E-state index is 0. The van der Waals surface area contributed by atoms with E-state index >= 15 is 0 Å². The molecule has 0 saturated carbocycles. The molecule has 2 heterocycles. The van der Waals surface area contributed by atoms with E-state index in [1.165, 1.54) is 27.6 Å². The van der Waals surface area contributed by atoms with Gasteiger partial charge >= 0.3 is 0 Å². The molecule has 18 heavy (non-hydrogen) atoms. The van der Waals surface area contributed by atoms with Crippen molar-refractivity contribution >= 4 is 21.9 Å². The van der Waals surface area contributed by atoms with Crippen LogP contribution >= 0.6 is 0 Å². The smallest absolute Gasteiger partial charge is 0.238 e. The van der Waals surface area contributed by atoms with Gasteiger partial charge in [-0.05, 0) is 25.1 Å². The Morgan fingerprint density at radius 3 is 2.50 bits per heavy atom. The second kappa shape index (κ2) is 4.88. The van der Waals surface area contributed by atoms with Crippen molar-refractivity contribution in [1.82, 2.24) is 4.57 Å². The van der Waals surface area contributed by atoms with Crippen molar-refractivity contribution in [2.45, 2.75) is 20.4 Å². The molecule has 0 unspecified atom stereocenters. The molecule has 0 N–H and O–H groups in total. The van der Waals surface area contributed by atoms with E-state index in [2.05, 4.69) is 66.4 Å². The van der Waals surface area contributed by atoms with Gasteiger partial charge in [0.2, 0.25) is 5.52 Å². The van der Waals surface area contributed by atoms with Crippen molar-refractivity contribution in [1.29, 1.82) is 0 Å². The van der Waals surface area contributed by atoms with E-state index < -0.39 is 0 Å². The molecule has 3 rings (SSSR count). The van der Waals surface area contributed by atoms with E-state index in [-0.39, 0.29) is 24.0 Å². The van der Waals surface area contributed by atoms with Gasteiger partial charge in [-0.25, -0.2) is 0 Å². The third-order valence-electron chi connectivity index (χ3n) is 3.62. The lowest BCUT2D eigenvalue weighted by atomic mass is 10.2. The Balaban J connectivity index is 0.00000120. The van der Waals surface area contributed by atoms with Gasteiger partial charge in [0, 0.05) is 20.0 Å². The summed E-state index contributed by atoms with van der Waals surface area (Å²) in [6.45, 7) is 5.39. The summed E-state index contributed by atoms with van der Waals surface area (Å²) in [6, 6.07) is 13.0. The molecule has 0 amide bonds. The van der Waals surface area contributed by atoms with Crippen LogP contribution in [-0.2, 0) is 13.6 Å². The number of benzene rings is 1. The minimum absolute atomic E-state index is 0. The van der Waals surface area contributed by atoms with Crippen molar-refractivity contribution in [2.75, 3.05) is 0 Å². The normalized spacial score (nSPS) is 10.8. The number of aromatic nitrogens is 2. The fourth-order valence-electron chi connectivity index (χ4n) is 2.74. The Morgan fingerprint density at radius 1 is 1.06 bits per heavy atom. The summed E-state index contributed by atoms with van der Waals surface area (Å²) in [6.07, 6.45) is 0. The number of fused-ring (bicyclic) bond motifs is 3. The summed E-state index contributed by atoms with van der Waals surface area (Å²) in [5.74, 6) is 0. The van der Waals surface area contributed by atoms with Gasteiger partial charge < -0.3 is 28.5 Å². The molecule has 2 aromatic heterocycles. The van der Waals surface area contributed by atoms with Crippen LogP contribution in [0.5, 0.6) is 0 Å². The van der Waals surface area contributed by atoms with Crippen LogP contribution in [0.4, 0.5) is 0 Å². The SMILES string of the molecule is CC[n+]1c(C)ccc2c1c1ccccc1n2C.[I-]. The molecule has 2 nitrogen and oxygen atoms in total. The van der Waals surface area contributed by atoms with Crippen molar-refractivity contribution in [3.05, 3.63) is 42.1 Å². The fraction of sp³-hybridized carbons (Fsp3) is 0.267. The Labute approximate surface area is 124 Å². The molecule has 0 atom stereocenters. The Hall–Kier alpha value is -1.10. The second-order valence-electron chi connectivity index (χ2n) is 4.53. The highest BCUT2D eigenvalue weighted by Crippen LogP contribution is 2.25. The first-order chi connectivity index (χ1) is 8.24. The highest BCUT2D eigenvalue weighted by atomic mass is 127. The summed E-state index contributed by atoms with van der Waals surface area (Å²) in [5, 5.41) is 1.34. The lowest BCUT2D eigenvalue weighted by Crippen LogP contribution is -3.00.